The van der Waals surface area contributed by atoms with E-state index in [1.807, 2.05) is 82.3 Å². The molecule has 2 aromatic heterocycles. The Bertz CT molecular complexity index is 3780. The van der Waals surface area contributed by atoms with Gasteiger partial charge in [-0.2, -0.15) is 0 Å². The molecule has 0 aliphatic carbocycles. The molecule has 0 N–H and O–H groups in total. The molecule has 0 saturated heterocycles. The summed E-state index contributed by atoms with van der Waals surface area (Å²) in [5.74, 6) is 0.949. The maximum Gasteiger partial charge on any atom is 0.137 e. The minimum Gasteiger partial charge on any atom is -0.457 e. The summed E-state index contributed by atoms with van der Waals surface area (Å²) in [5.41, 5.74) is 12.8. The Labute approximate surface area is 409 Å². The van der Waals surface area contributed by atoms with Gasteiger partial charge in [0, 0.05) is 55.6 Å². The van der Waals surface area contributed by atoms with Gasteiger partial charge in [0.15, 0.2) is 0 Å². The van der Waals surface area contributed by atoms with Crippen LogP contribution < -0.4 is 14.5 Å². The van der Waals surface area contributed by atoms with Crippen LogP contribution in [0.4, 0.5) is 22.7 Å². The molecule has 3 heterocycles. The average Bonchev–Trinajstić information content (AvgIpc) is 3.94. The van der Waals surface area contributed by atoms with Gasteiger partial charge in [0.1, 0.15) is 24.0 Å². The van der Waals surface area contributed by atoms with E-state index in [9.17, 15) is 4.11 Å². The first kappa shape index (κ1) is 36.3. The van der Waals surface area contributed by atoms with Crippen LogP contribution in [0.25, 0.3) is 61.0 Å². The van der Waals surface area contributed by atoms with E-state index in [0.29, 0.717) is 29.5 Å². The first-order valence-electron chi connectivity index (χ1n) is 26.2. The van der Waals surface area contributed by atoms with Gasteiger partial charge in [-0.1, -0.05) is 169 Å². The molecule has 0 unspecified atom stereocenters. The highest BCUT2D eigenvalue weighted by molar-refractivity contribution is 6.10. The van der Waals surface area contributed by atoms with Gasteiger partial charge in [-0.3, -0.25) is 4.57 Å². The quantitative estimate of drug-likeness (QED) is 0.152. The van der Waals surface area contributed by atoms with Crippen LogP contribution in [0.5, 0.6) is 11.5 Å². The number of ether oxygens (including phenoxy) is 1. The molecule has 0 fully saturated rings. The smallest absolute Gasteiger partial charge is 0.137 e. The second-order valence-electron chi connectivity index (χ2n) is 19.7. The molecule has 5 heteroatoms. The third-order valence-electron chi connectivity index (χ3n) is 13.2. The second kappa shape index (κ2) is 16.8. The summed E-state index contributed by atoms with van der Waals surface area (Å²) in [6, 6.07) is 58.1. The molecular weight excluding hydrogens is 829 g/mol. The van der Waals surface area contributed by atoms with E-state index in [-0.39, 0.29) is 40.3 Å². The average molecular weight is 891 g/mol. The number of benzene rings is 8. The number of aryl methyl sites for hydroxylation is 1. The molecule has 0 bridgehead atoms. The Kier molecular flexibility index (Phi) is 8.94. The van der Waals surface area contributed by atoms with Gasteiger partial charge in [0.2, 0.25) is 0 Å². The molecular formula is C63H56N4O. The third-order valence-corrected chi connectivity index (χ3v) is 13.2. The lowest BCUT2D eigenvalue weighted by Gasteiger charge is -2.27. The van der Waals surface area contributed by atoms with Crippen LogP contribution in [0.2, 0.25) is 0 Å². The van der Waals surface area contributed by atoms with Gasteiger partial charge >= 0.3 is 0 Å². The molecule has 68 heavy (non-hydrogen) atoms. The molecule has 334 valence electrons. The Hall–Kier alpha value is -7.89. The number of hydrogen-bond donors (Lipinski definition) is 0. The fraction of sp³-hybridized carbons (Fsp3) is 0.159. The van der Waals surface area contributed by atoms with Gasteiger partial charge in [-0.05, 0) is 106 Å². The number of hydrogen-bond acceptors (Lipinski definition) is 4. The SMILES string of the molecule is [2H]c1c(Oc2ccc3c4cc(C(C)(C)C)ccc4n(-c4cc(C([2H])([2H])[2H])c(-c5ccccc5)cn4)c3c2)cc(N2CN(c3c(-c4ccccc4)cccc3-c3ccc(C(C)(C)C)cc3)c3ccccc32)c([2H])c1[2H]. The van der Waals surface area contributed by atoms with Gasteiger partial charge in [0.05, 0.1) is 32.2 Å². The summed E-state index contributed by atoms with van der Waals surface area (Å²) in [4.78, 5) is 9.27. The summed E-state index contributed by atoms with van der Waals surface area (Å²) in [6.45, 7) is 11.1. The molecule has 0 amide bonds. The lowest BCUT2D eigenvalue weighted by molar-refractivity contribution is 0.483. The number of anilines is 4. The van der Waals surface area contributed by atoms with E-state index in [1.54, 1.807) is 18.3 Å². The van der Waals surface area contributed by atoms with E-state index >= 15 is 0 Å². The number of fused-ring (bicyclic) bond motifs is 4. The van der Waals surface area contributed by atoms with Crippen LogP contribution in [0.1, 0.15) is 66.5 Å². The van der Waals surface area contributed by atoms with Crippen molar-refractivity contribution in [2.45, 2.75) is 59.2 Å². The molecule has 0 saturated carbocycles. The van der Waals surface area contributed by atoms with Gasteiger partial charge in [0.25, 0.3) is 0 Å². The number of aromatic nitrogens is 2. The lowest BCUT2D eigenvalue weighted by Crippen LogP contribution is -2.25. The van der Waals surface area contributed by atoms with Crippen molar-refractivity contribution in [1.82, 2.24) is 9.55 Å². The van der Waals surface area contributed by atoms with Gasteiger partial charge in [-0.15, -0.1) is 0 Å². The van der Waals surface area contributed by atoms with Crippen LogP contribution in [-0.2, 0) is 10.8 Å². The number of rotatable bonds is 8. The van der Waals surface area contributed by atoms with E-state index in [1.165, 1.54) is 5.56 Å². The molecule has 8 aromatic carbocycles. The minimum absolute atomic E-state index is 0.00655. The number of pyridine rings is 1. The summed E-state index contributed by atoms with van der Waals surface area (Å²) >= 11 is 0. The van der Waals surface area contributed by atoms with Crippen LogP contribution in [0.15, 0.2) is 200 Å². The fourth-order valence-electron chi connectivity index (χ4n) is 9.55. The van der Waals surface area contributed by atoms with Gasteiger partial charge < -0.3 is 14.5 Å². The summed E-state index contributed by atoms with van der Waals surface area (Å²) in [7, 11) is 0. The first-order valence-corrected chi connectivity index (χ1v) is 23.2. The number of para-hydroxylation sites is 3. The molecule has 0 radical (unpaired) electrons. The predicted molar refractivity (Wildman–Crippen MR) is 286 cm³/mol. The van der Waals surface area contributed by atoms with Crippen molar-refractivity contribution in [3.8, 4) is 50.7 Å². The molecule has 10 aromatic rings. The van der Waals surface area contributed by atoms with Gasteiger partial charge in [-0.25, -0.2) is 4.98 Å². The predicted octanol–water partition coefficient (Wildman–Crippen LogP) is 17.1. The van der Waals surface area contributed by atoms with Crippen molar-refractivity contribution >= 4 is 44.6 Å². The Morgan fingerprint density at radius 2 is 1.16 bits per heavy atom. The maximum atomic E-state index is 9.42. The normalized spacial score (nSPS) is 14.3. The molecule has 0 atom stereocenters. The van der Waals surface area contributed by atoms with Crippen molar-refractivity contribution in [1.29, 1.82) is 0 Å². The molecule has 5 nitrogen and oxygen atoms in total. The van der Waals surface area contributed by atoms with Crippen molar-refractivity contribution in [2.24, 2.45) is 0 Å². The molecule has 1 aliphatic heterocycles. The lowest BCUT2D eigenvalue weighted by atomic mass is 9.86. The Morgan fingerprint density at radius 3 is 1.84 bits per heavy atom. The topological polar surface area (TPSA) is 33.5 Å². The maximum absolute atomic E-state index is 9.42. The van der Waals surface area contributed by atoms with Crippen molar-refractivity contribution in [3.05, 3.63) is 217 Å². The Morgan fingerprint density at radius 1 is 0.529 bits per heavy atom. The van der Waals surface area contributed by atoms with Crippen molar-refractivity contribution in [3.63, 3.8) is 0 Å². The number of nitrogens with zero attached hydrogens (tertiary/aromatic N) is 4. The van der Waals surface area contributed by atoms with E-state index < -0.39 is 6.85 Å². The summed E-state index contributed by atoms with van der Waals surface area (Å²) in [5, 5.41) is 1.88. The van der Waals surface area contributed by atoms with Crippen molar-refractivity contribution in [2.75, 3.05) is 16.5 Å². The van der Waals surface area contributed by atoms with Crippen LogP contribution in [-0.4, -0.2) is 16.2 Å². The highest BCUT2D eigenvalue weighted by atomic mass is 16.5. The van der Waals surface area contributed by atoms with Crippen LogP contribution in [0.3, 0.4) is 0 Å². The zero-order chi connectivity index (χ0) is 51.8. The molecule has 11 rings (SSSR count). The van der Waals surface area contributed by atoms with E-state index in [4.69, 9.17) is 13.8 Å². The van der Waals surface area contributed by atoms with E-state index in [0.717, 1.165) is 72.2 Å². The standard InChI is InChI=1S/C63H56N4O/c1-42-36-60(64-40-55(42)44-20-12-9-13-21-44)67-56-35-32-47(63(5,6)7)37-54(56)53-34-33-50(39-59(53)67)68-49-23-16-22-48(38-49)65-41-66(58-27-15-14-26-57(58)65)61-51(43-18-10-8-11-19-43)24-17-25-52(61)45-28-30-46(31-29-45)62(2,3)4/h8-40H,41H2,1-7H3/i1D3,16D,22D,23D. The Balaban J connectivity index is 1.03. The largest absolute Gasteiger partial charge is 0.457 e. The first-order chi connectivity index (χ1) is 35.3. The highest BCUT2D eigenvalue weighted by Crippen LogP contribution is 2.50. The monoisotopic (exact) mass is 890 g/mol. The van der Waals surface area contributed by atoms with E-state index in [2.05, 4.69) is 137 Å². The summed E-state index contributed by atoms with van der Waals surface area (Å²) < 4.78 is 62.4. The zero-order valence-corrected chi connectivity index (χ0v) is 39.2. The zero-order valence-electron chi connectivity index (χ0n) is 45.2. The minimum atomic E-state index is -2.44. The molecule has 0 spiro atoms. The third kappa shape index (κ3) is 7.78. The molecule has 1 aliphatic rings. The summed E-state index contributed by atoms with van der Waals surface area (Å²) in [6.07, 6.45) is 1.64. The van der Waals surface area contributed by atoms with Crippen LogP contribution in [0, 0.1) is 6.85 Å². The van der Waals surface area contributed by atoms with Crippen molar-refractivity contribution < 1.29 is 13.0 Å². The highest BCUT2D eigenvalue weighted by Gasteiger charge is 2.32. The fourth-order valence-corrected chi connectivity index (χ4v) is 9.55. The van der Waals surface area contributed by atoms with Crippen LogP contribution >= 0.6 is 0 Å². The second-order valence-corrected chi connectivity index (χ2v) is 19.7.